The van der Waals surface area contributed by atoms with Gasteiger partial charge in [-0.3, -0.25) is 0 Å². The lowest BCUT2D eigenvalue weighted by molar-refractivity contribution is -0.116. The van der Waals surface area contributed by atoms with Gasteiger partial charge < -0.3 is 14.3 Å². The van der Waals surface area contributed by atoms with Gasteiger partial charge in [0.25, 0.3) is 0 Å². The number of carbonyl (C=O) groups excluding carboxylic acids is 1. The van der Waals surface area contributed by atoms with E-state index in [1.54, 1.807) is 7.11 Å². The molecule has 0 aliphatic carbocycles. The first-order valence-electron chi connectivity index (χ1n) is 3.39. The van der Waals surface area contributed by atoms with Crippen LogP contribution in [0.4, 0.5) is 0 Å². The molecule has 0 aromatic carbocycles. The molecule has 0 amide bonds. The van der Waals surface area contributed by atoms with Crippen LogP contribution in [-0.2, 0) is 14.3 Å². The second-order valence-electron chi connectivity index (χ2n) is 2.57. The summed E-state index contributed by atoms with van der Waals surface area (Å²) in [4.78, 5) is 10.3. The van der Waals surface area contributed by atoms with E-state index in [4.69, 9.17) is 9.47 Å². The summed E-state index contributed by atoms with van der Waals surface area (Å²) in [6, 6.07) is 0. The van der Waals surface area contributed by atoms with Gasteiger partial charge in [0.15, 0.2) is 0 Å². The Balaban J connectivity index is 2.48. The molecule has 0 unspecified atom stereocenters. The molecule has 0 spiro atoms. The Labute approximate surface area is 60.3 Å². The first kappa shape index (κ1) is 7.69. The minimum Gasteiger partial charge on any atom is -0.379 e. The van der Waals surface area contributed by atoms with Crippen molar-refractivity contribution in [3.8, 4) is 0 Å². The molecular formula is C7H12O3. The van der Waals surface area contributed by atoms with Crippen LogP contribution in [-0.4, -0.2) is 32.2 Å². The molecule has 1 fully saturated rings. The maximum Gasteiger partial charge on any atom is 0.149 e. The lowest BCUT2D eigenvalue weighted by Gasteiger charge is -2.11. The molecule has 3 nitrogen and oxygen atoms in total. The number of methoxy groups -OCH3 is 1. The highest BCUT2D eigenvalue weighted by atomic mass is 16.5. The fraction of sp³-hybridized carbons (Fsp3) is 0.857. The van der Waals surface area contributed by atoms with Crippen LogP contribution in [0.5, 0.6) is 0 Å². The Morgan fingerprint density at radius 3 is 2.70 bits per heavy atom. The molecule has 0 saturated carbocycles. The van der Waals surface area contributed by atoms with Gasteiger partial charge in [0.2, 0.25) is 0 Å². The molecule has 1 aliphatic heterocycles. The maximum atomic E-state index is 10.3. The van der Waals surface area contributed by atoms with E-state index in [0.29, 0.717) is 6.61 Å². The van der Waals surface area contributed by atoms with Crippen LogP contribution in [0, 0.1) is 5.92 Å². The summed E-state index contributed by atoms with van der Waals surface area (Å²) in [6.07, 6.45) is 0.670. The van der Waals surface area contributed by atoms with E-state index in [0.717, 1.165) is 6.29 Å². The van der Waals surface area contributed by atoms with Crippen molar-refractivity contribution in [2.45, 2.75) is 19.1 Å². The minimum atomic E-state index is -0.259. The highest BCUT2D eigenvalue weighted by Crippen LogP contribution is 2.21. The van der Waals surface area contributed by atoms with Crippen molar-refractivity contribution >= 4 is 6.29 Å². The summed E-state index contributed by atoms with van der Waals surface area (Å²) >= 11 is 0. The molecule has 0 aromatic rings. The third-order valence-electron chi connectivity index (χ3n) is 1.99. The molecule has 0 bridgehead atoms. The average molecular weight is 144 g/mol. The summed E-state index contributed by atoms with van der Waals surface area (Å²) in [5.41, 5.74) is 0. The zero-order valence-corrected chi connectivity index (χ0v) is 6.24. The zero-order valence-electron chi connectivity index (χ0n) is 6.24. The van der Waals surface area contributed by atoms with Crippen molar-refractivity contribution in [1.29, 1.82) is 0 Å². The Bertz CT molecular complexity index is 124. The molecular weight excluding hydrogens is 132 g/mol. The van der Waals surface area contributed by atoms with Crippen LogP contribution in [0.15, 0.2) is 0 Å². The first-order valence-corrected chi connectivity index (χ1v) is 3.39. The number of hydrogen-bond acceptors (Lipinski definition) is 3. The van der Waals surface area contributed by atoms with Crippen LogP contribution in [0.2, 0.25) is 0 Å². The topological polar surface area (TPSA) is 35.5 Å². The predicted molar refractivity (Wildman–Crippen MR) is 35.8 cm³/mol. The quantitative estimate of drug-likeness (QED) is 0.520. The summed E-state index contributed by atoms with van der Waals surface area (Å²) in [6.45, 7) is 2.50. The van der Waals surface area contributed by atoms with Gasteiger partial charge in [0, 0.05) is 13.0 Å². The number of ether oxygens (including phenoxy) is 2. The van der Waals surface area contributed by atoms with Crippen LogP contribution in [0.1, 0.15) is 6.92 Å². The van der Waals surface area contributed by atoms with Crippen molar-refractivity contribution in [2.75, 3.05) is 13.7 Å². The van der Waals surface area contributed by atoms with Gasteiger partial charge >= 0.3 is 0 Å². The number of rotatable bonds is 2. The number of hydrogen-bond donors (Lipinski definition) is 0. The van der Waals surface area contributed by atoms with Gasteiger partial charge in [-0.25, -0.2) is 0 Å². The first-order chi connectivity index (χ1) is 4.79. The Morgan fingerprint density at radius 1 is 1.70 bits per heavy atom. The minimum absolute atomic E-state index is 0.0928. The summed E-state index contributed by atoms with van der Waals surface area (Å²) in [7, 11) is 1.64. The van der Waals surface area contributed by atoms with E-state index in [1.165, 1.54) is 0 Å². The van der Waals surface area contributed by atoms with E-state index >= 15 is 0 Å². The Morgan fingerprint density at radius 2 is 2.40 bits per heavy atom. The summed E-state index contributed by atoms with van der Waals surface area (Å²) < 4.78 is 10.2. The van der Waals surface area contributed by atoms with Crippen molar-refractivity contribution in [2.24, 2.45) is 5.92 Å². The second kappa shape index (κ2) is 3.12. The number of carbonyl (C=O) groups is 1. The van der Waals surface area contributed by atoms with Gasteiger partial charge in [-0.2, -0.15) is 0 Å². The standard InChI is InChI=1S/C7H12O3/c1-5-6(3-8)10-4-7(5)9-2/h3,5-7H,4H2,1-2H3/t5-,6-,7+/m1/s1. The van der Waals surface area contributed by atoms with E-state index in [2.05, 4.69) is 0 Å². The van der Waals surface area contributed by atoms with E-state index in [1.807, 2.05) is 6.92 Å². The molecule has 0 radical (unpaired) electrons. The molecule has 10 heavy (non-hydrogen) atoms. The van der Waals surface area contributed by atoms with Crippen molar-refractivity contribution in [1.82, 2.24) is 0 Å². The lowest BCUT2D eigenvalue weighted by Crippen LogP contribution is -2.23. The fourth-order valence-corrected chi connectivity index (χ4v) is 1.17. The molecule has 1 saturated heterocycles. The Hall–Kier alpha value is -0.410. The Kier molecular flexibility index (Phi) is 2.40. The highest BCUT2D eigenvalue weighted by molar-refractivity contribution is 5.57. The summed E-state index contributed by atoms with van der Waals surface area (Å²) in [5, 5.41) is 0. The van der Waals surface area contributed by atoms with Crippen molar-refractivity contribution in [3.05, 3.63) is 0 Å². The van der Waals surface area contributed by atoms with Gasteiger partial charge in [0.05, 0.1) is 12.7 Å². The van der Waals surface area contributed by atoms with Crippen LogP contribution in [0.25, 0.3) is 0 Å². The molecule has 1 heterocycles. The predicted octanol–water partition coefficient (Wildman–Crippen LogP) is 0.235. The molecule has 58 valence electrons. The van der Waals surface area contributed by atoms with Gasteiger partial charge in [-0.15, -0.1) is 0 Å². The molecule has 0 N–H and O–H groups in total. The monoisotopic (exact) mass is 144 g/mol. The largest absolute Gasteiger partial charge is 0.379 e. The SMILES string of the molecule is CO[C@H]1CO[C@H](C=O)[C@H]1C. The normalized spacial score (nSPS) is 40.0. The zero-order chi connectivity index (χ0) is 7.56. The van der Waals surface area contributed by atoms with Gasteiger partial charge in [0.1, 0.15) is 12.4 Å². The van der Waals surface area contributed by atoms with Gasteiger partial charge in [-0.05, 0) is 0 Å². The fourth-order valence-electron chi connectivity index (χ4n) is 1.17. The van der Waals surface area contributed by atoms with Crippen LogP contribution >= 0.6 is 0 Å². The van der Waals surface area contributed by atoms with E-state index in [-0.39, 0.29) is 18.1 Å². The lowest BCUT2D eigenvalue weighted by atomic mass is 10.0. The maximum absolute atomic E-state index is 10.3. The third kappa shape index (κ3) is 1.20. The third-order valence-corrected chi connectivity index (χ3v) is 1.99. The van der Waals surface area contributed by atoms with Crippen molar-refractivity contribution < 1.29 is 14.3 Å². The molecule has 1 rings (SSSR count). The summed E-state index contributed by atoms with van der Waals surface area (Å²) in [5.74, 6) is 0.197. The van der Waals surface area contributed by atoms with E-state index in [9.17, 15) is 4.79 Å². The van der Waals surface area contributed by atoms with Crippen LogP contribution < -0.4 is 0 Å². The average Bonchev–Trinajstić information content (AvgIpc) is 2.30. The molecule has 3 atom stereocenters. The van der Waals surface area contributed by atoms with Crippen molar-refractivity contribution in [3.63, 3.8) is 0 Å². The van der Waals surface area contributed by atoms with Gasteiger partial charge in [-0.1, -0.05) is 6.92 Å². The second-order valence-corrected chi connectivity index (χ2v) is 2.57. The molecule has 0 aromatic heterocycles. The van der Waals surface area contributed by atoms with Crippen LogP contribution in [0.3, 0.4) is 0 Å². The highest BCUT2D eigenvalue weighted by Gasteiger charge is 2.33. The molecule has 1 aliphatic rings. The smallest absolute Gasteiger partial charge is 0.149 e. The number of aldehydes is 1. The molecule has 3 heteroatoms. The van der Waals surface area contributed by atoms with E-state index < -0.39 is 0 Å².